The average molecular weight is 445 g/mol. The van der Waals surface area contributed by atoms with Crippen molar-refractivity contribution in [1.29, 1.82) is 0 Å². The SMILES string of the molecule is COc1ccccc1C(=O)NCCN1CCN(c2nc3c(C)ccc(Cl)c3s2)CC1. The molecule has 1 aliphatic heterocycles. The van der Waals surface area contributed by atoms with Crippen molar-refractivity contribution in [2.45, 2.75) is 6.92 Å². The number of aryl methyl sites for hydroxylation is 1. The van der Waals surface area contributed by atoms with Gasteiger partial charge in [-0.2, -0.15) is 0 Å². The zero-order valence-electron chi connectivity index (χ0n) is 17.2. The lowest BCUT2D eigenvalue weighted by Gasteiger charge is -2.34. The Hall–Kier alpha value is -2.35. The Morgan fingerprint density at radius 3 is 2.70 bits per heavy atom. The molecule has 0 saturated carbocycles. The van der Waals surface area contributed by atoms with Crippen LogP contribution in [-0.4, -0.2) is 62.2 Å². The van der Waals surface area contributed by atoms with Gasteiger partial charge >= 0.3 is 0 Å². The maximum absolute atomic E-state index is 12.4. The van der Waals surface area contributed by atoms with Crippen LogP contribution in [0.3, 0.4) is 0 Å². The smallest absolute Gasteiger partial charge is 0.255 e. The van der Waals surface area contributed by atoms with Gasteiger partial charge in [0.1, 0.15) is 5.75 Å². The third kappa shape index (κ3) is 4.38. The quantitative estimate of drug-likeness (QED) is 0.626. The van der Waals surface area contributed by atoms with E-state index in [2.05, 4.69) is 22.0 Å². The topological polar surface area (TPSA) is 57.7 Å². The van der Waals surface area contributed by atoms with Gasteiger partial charge in [-0.1, -0.05) is 41.1 Å². The zero-order chi connectivity index (χ0) is 21.1. The number of ether oxygens (including phenoxy) is 1. The molecule has 30 heavy (non-hydrogen) atoms. The molecule has 1 saturated heterocycles. The number of halogens is 1. The third-order valence-electron chi connectivity index (χ3n) is 5.39. The molecule has 2 heterocycles. The number of anilines is 1. The number of nitrogens with zero attached hydrogens (tertiary/aromatic N) is 3. The van der Waals surface area contributed by atoms with Crippen LogP contribution in [0.15, 0.2) is 36.4 Å². The van der Waals surface area contributed by atoms with Gasteiger partial charge in [0.25, 0.3) is 5.91 Å². The van der Waals surface area contributed by atoms with Gasteiger partial charge in [0, 0.05) is 39.3 Å². The van der Waals surface area contributed by atoms with Crippen LogP contribution in [0.2, 0.25) is 5.02 Å². The van der Waals surface area contributed by atoms with Crippen molar-refractivity contribution in [2.24, 2.45) is 0 Å². The molecule has 0 radical (unpaired) electrons. The number of piperazine rings is 1. The molecule has 0 aliphatic carbocycles. The number of methoxy groups -OCH3 is 1. The van der Waals surface area contributed by atoms with Gasteiger partial charge in [0.2, 0.25) is 0 Å². The van der Waals surface area contributed by atoms with E-state index in [-0.39, 0.29) is 5.91 Å². The fourth-order valence-corrected chi connectivity index (χ4v) is 5.01. The molecule has 158 valence electrons. The van der Waals surface area contributed by atoms with Crippen LogP contribution < -0.4 is 15.0 Å². The lowest BCUT2D eigenvalue weighted by atomic mass is 10.2. The molecule has 3 aromatic rings. The molecule has 0 unspecified atom stereocenters. The Kier molecular flexibility index (Phi) is 6.41. The standard InChI is InChI=1S/C22H25ClN4O2S/c1-15-7-8-17(23)20-19(15)25-22(30-20)27-13-11-26(12-14-27)10-9-24-21(28)16-5-3-4-6-18(16)29-2/h3-8H,9-14H2,1-2H3,(H,24,28). The molecule has 6 nitrogen and oxygen atoms in total. The summed E-state index contributed by atoms with van der Waals surface area (Å²) in [6.45, 7) is 7.19. The van der Waals surface area contributed by atoms with Crippen molar-refractivity contribution in [2.75, 3.05) is 51.3 Å². The number of carbonyl (C=O) groups is 1. The van der Waals surface area contributed by atoms with Crippen LogP contribution >= 0.6 is 22.9 Å². The normalized spacial score (nSPS) is 14.8. The van der Waals surface area contributed by atoms with Gasteiger partial charge in [0.05, 0.1) is 27.9 Å². The number of nitrogens with one attached hydrogen (secondary N) is 1. The van der Waals surface area contributed by atoms with Crippen molar-refractivity contribution in [1.82, 2.24) is 15.2 Å². The highest BCUT2D eigenvalue weighted by molar-refractivity contribution is 7.22. The van der Waals surface area contributed by atoms with Gasteiger partial charge in [-0.15, -0.1) is 0 Å². The number of thiazole rings is 1. The minimum absolute atomic E-state index is 0.104. The van der Waals surface area contributed by atoms with Gasteiger partial charge in [-0.3, -0.25) is 9.69 Å². The summed E-state index contributed by atoms with van der Waals surface area (Å²) in [5, 5.41) is 4.79. The number of benzene rings is 2. The molecule has 0 spiro atoms. The molecule has 4 rings (SSSR count). The highest BCUT2D eigenvalue weighted by Crippen LogP contribution is 2.35. The summed E-state index contributed by atoms with van der Waals surface area (Å²) in [6, 6.07) is 11.2. The zero-order valence-corrected chi connectivity index (χ0v) is 18.7. The molecule has 1 fully saturated rings. The van der Waals surface area contributed by atoms with E-state index >= 15 is 0 Å². The van der Waals surface area contributed by atoms with Crippen molar-refractivity contribution >= 4 is 44.2 Å². The van der Waals surface area contributed by atoms with E-state index in [4.69, 9.17) is 21.3 Å². The third-order valence-corrected chi connectivity index (χ3v) is 6.97. The highest BCUT2D eigenvalue weighted by Gasteiger charge is 2.21. The summed E-state index contributed by atoms with van der Waals surface area (Å²) in [4.78, 5) is 21.9. The Balaban J connectivity index is 1.28. The second-order valence-electron chi connectivity index (χ2n) is 7.32. The largest absolute Gasteiger partial charge is 0.496 e. The summed E-state index contributed by atoms with van der Waals surface area (Å²) in [7, 11) is 1.58. The molecule has 0 atom stereocenters. The van der Waals surface area contributed by atoms with E-state index < -0.39 is 0 Å². The summed E-state index contributed by atoms with van der Waals surface area (Å²) in [6.07, 6.45) is 0. The average Bonchev–Trinajstić information content (AvgIpc) is 3.23. The molecular weight excluding hydrogens is 420 g/mol. The van der Waals surface area contributed by atoms with E-state index in [0.29, 0.717) is 17.9 Å². The first-order valence-corrected chi connectivity index (χ1v) is 11.2. The summed E-state index contributed by atoms with van der Waals surface area (Å²) >= 11 is 8.02. The minimum atomic E-state index is -0.104. The van der Waals surface area contributed by atoms with Crippen LogP contribution in [0, 0.1) is 6.92 Å². The van der Waals surface area contributed by atoms with Crippen molar-refractivity contribution in [3.8, 4) is 5.75 Å². The van der Waals surface area contributed by atoms with Gasteiger partial charge in [0.15, 0.2) is 5.13 Å². The summed E-state index contributed by atoms with van der Waals surface area (Å²) < 4.78 is 6.33. The summed E-state index contributed by atoms with van der Waals surface area (Å²) in [5.74, 6) is 0.489. The first kappa shape index (κ1) is 20.9. The number of carbonyl (C=O) groups excluding carboxylic acids is 1. The van der Waals surface area contributed by atoms with Crippen molar-refractivity contribution in [3.05, 3.63) is 52.5 Å². The first-order valence-electron chi connectivity index (χ1n) is 10.0. The molecule has 0 bridgehead atoms. The maximum atomic E-state index is 12.4. The predicted molar refractivity (Wildman–Crippen MR) is 123 cm³/mol. The highest BCUT2D eigenvalue weighted by atomic mass is 35.5. The fraction of sp³-hybridized carbons (Fsp3) is 0.364. The van der Waals surface area contributed by atoms with Crippen molar-refractivity contribution in [3.63, 3.8) is 0 Å². The van der Waals surface area contributed by atoms with E-state index in [1.807, 2.05) is 24.3 Å². The molecule has 2 aromatic carbocycles. The monoisotopic (exact) mass is 444 g/mol. The van der Waals surface area contributed by atoms with Gasteiger partial charge in [-0.25, -0.2) is 4.98 Å². The van der Waals surface area contributed by atoms with Gasteiger partial charge in [-0.05, 0) is 30.7 Å². The number of rotatable bonds is 6. The fourth-order valence-electron chi connectivity index (χ4n) is 3.64. The number of para-hydroxylation sites is 1. The second-order valence-corrected chi connectivity index (χ2v) is 8.71. The van der Waals surface area contributed by atoms with Crippen LogP contribution in [0.4, 0.5) is 5.13 Å². The van der Waals surface area contributed by atoms with Crippen molar-refractivity contribution < 1.29 is 9.53 Å². The Morgan fingerprint density at radius 1 is 1.20 bits per heavy atom. The number of hydrogen-bond donors (Lipinski definition) is 1. The van der Waals surface area contributed by atoms with E-state index in [9.17, 15) is 4.79 Å². The number of hydrogen-bond acceptors (Lipinski definition) is 6. The predicted octanol–water partition coefficient (Wildman–Crippen LogP) is 3.82. The molecule has 1 amide bonds. The Bertz CT molecular complexity index is 1010. The lowest BCUT2D eigenvalue weighted by molar-refractivity contribution is 0.0944. The molecule has 1 aromatic heterocycles. The molecular formula is C22H25ClN4O2S. The van der Waals surface area contributed by atoms with Crippen LogP contribution in [-0.2, 0) is 0 Å². The number of aromatic nitrogens is 1. The number of fused-ring (bicyclic) bond motifs is 1. The minimum Gasteiger partial charge on any atom is -0.496 e. The number of amides is 1. The lowest BCUT2D eigenvalue weighted by Crippen LogP contribution is -2.48. The van der Waals surface area contributed by atoms with Crippen LogP contribution in [0.5, 0.6) is 5.75 Å². The van der Waals surface area contributed by atoms with E-state index in [1.54, 1.807) is 30.6 Å². The van der Waals surface area contributed by atoms with E-state index in [1.165, 1.54) is 0 Å². The first-order chi connectivity index (χ1) is 14.6. The maximum Gasteiger partial charge on any atom is 0.255 e. The van der Waals surface area contributed by atoms with Crippen LogP contribution in [0.25, 0.3) is 10.2 Å². The second kappa shape index (κ2) is 9.20. The Morgan fingerprint density at radius 2 is 1.97 bits per heavy atom. The van der Waals surface area contributed by atoms with E-state index in [0.717, 1.165) is 58.7 Å². The summed E-state index contributed by atoms with van der Waals surface area (Å²) in [5.41, 5.74) is 2.72. The molecule has 1 N–H and O–H groups in total. The molecule has 1 aliphatic rings. The van der Waals surface area contributed by atoms with Crippen LogP contribution in [0.1, 0.15) is 15.9 Å². The molecule has 8 heteroatoms. The Labute approximate surface area is 185 Å². The van der Waals surface area contributed by atoms with Gasteiger partial charge < -0.3 is 15.0 Å².